The molecule has 2 amide bonds. The maximum Gasteiger partial charge on any atom is 0.315 e. The lowest BCUT2D eigenvalue weighted by Gasteiger charge is -2.20. The first-order chi connectivity index (χ1) is 6.97. The van der Waals surface area contributed by atoms with Crippen molar-refractivity contribution in [3.63, 3.8) is 0 Å². The molecule has 0 spiro atoms. The van der Waals surface area contributed by atoms with Crippen molar-refractivity contribution in [2.45, 2.75) is 39.2 Å². The fourth-order valence-electron chi connectivity index (χ4n) is 1.16. The molecular formula is C11H22N2O2. The summed E-state index contributed by atoms with van der Waals surface area (Å²) in [4.78, 5) is 11.3. The number of carbonyl (C=O) groups is 1. The Bertz CT molecular complexity index is 207. The Hall–Kier alpha value is -0.770. The number of carbonyl (C=O) groups excluding carboxylic acids is 1. The second-order valence-electron chi connectivity index (χ2n) is 5.15. The second kappa shape index (κ2) is 5.35. The average molecular weight is 214 g/mol. The highest BCUT2D eigenvalue weighted by Crippen LogP contribution is 2.28. The van der Waals surface area contributed by atoms with E-state index in [0.717, 1.165) is 12.5 Å². The van der Waals surface area contributed by atoms with Crippen LogP contribution >= 0.6 is 0 Å². The summed E-state index contributed by atoms with van der Waals surface area (Å²) in [5.41, 5.74) is -0.182. The fourth-order valence-corrected chi connectivity index (χ4v) is 1.16. The molecule has 0 saturated heterocycles. The fraction of sp³-hybridized carbons (Fsp3) is 0.909. The molecule has 1 fully saturated rings. The Morgan fingerprint density at radius 1 is 1.40 bits per heavy atom. The highest BCUT2D eigenvalue weighted by Gasteiger charge is 2.20. The number of hydrogen-bond donors (Lipinski definition) is 2. The van der Waals surface area contributed by atoms with E-state index in [1.165, 1.54) is 12.8 Å². The summed E-state index contributed by atoms with van der Waals surface area (Å²) >= 11 is 0. The van der Waals surface area contributed by atoms with Gasteiger partial charge in [-0.25, -0.2) is 4.79 Å². The van der Waals surface area contributed by atoms with Crippen LogP contribution in [0.2, 0.25) is 0 Å². The molecule has 15 heavy (non-hydrogen) atoms. The van der Waals surface area contributed by atoms with Crippen LogP contribution in [0.4, 0.5) is 4.79 Å². The van der Waals surface area contributed by atoms with E-state index in [4.69, 9.17) is 4.74 Å². The lowest BCUT2D eigenvalue weighted by atomic mass is 10.1. The van der Waals surface area contributed by atoms with E-state index in [9.17, 15) is 4.79 Å². The third-order valence-corrected chi connectivity index (χ3v) is 2.07. The van der Waals surface area contributed by atoms with E-state index in [-0.39, 0.29) is 11.6 Å². The Morgan fingerprint density at radius 3 is 2.60 bits per heavy atom. The number of urea groups is 1. The van der Waals surface area contributed by atoms with E-state index >= 15 is 0 Å². The molecule has 1 aliphatic carbocycles. The maximum atomic E-state index is 11.3. The van der Waals surface area contributed by atoms with Crippen molar-refractivity contribution in [3.8, 4) is 0 Å². The van der Waals surface area contributed by atoms with Gasteiger partial charge in [-0.3, -0.25) is 0 Å². The third-order valence-electron chi connectivity index (χ3n) is 2.07. The van der Waals surface area contributed by atoms with Crippen molar-refractivity contribution < 1.29 is 9.53 Å². The Balaban J connectivity index is 1.91. The lowest BCUT2D eigenvalue weighted by molar-refractivity contribution is 0.126. The van der Waals surface area contributed by atoms with Gasteiger partial charge in [-0.1, -0.05) is 0 Å². The molecule has 0 unspecified atom stereocenters. The van der Waals surface area contributed by atoms with Gasteiger partial charge in [0.25, 0.3) is 0 Å². The van der Waals surface area contributed by atoms with Crippen LogP contribution in [-0.4, -0.2) is 31.3 Å². The average Bonchev–Trinajstić information content (AvgIpc) is 2.83. The van der Waals surface area contributed by atoms with E-state index in [1.54, 1.807) is 0 Å². The van der Waals surface area contributed by atoms with E-state index < -0.39 is 0 Å². The summed E-state index contributed by atoms with van der Waals surface area (Å²) in [6, 6.07) is -0.127. The Kier molecular flexibility index (Phi) is 4.39. The van der Waals surface area contributed by atoms with E-state index in [1.807, 2.05) is 20.8 Å². The first-order valence-corrected chi connectivity index (χ1v) is 5.61. The van der Waals surface area contributed by atoms with Gasteiger partial charge in [-0.05, 0) is 39.5 Å². The lowest BCUT2D eigenvalue weighted by Crippen LogP contribution is -2.47. The zero-order valence-corrected chi connectivity index (χ0v) is 9.93. The minimum absolute atomic E-state index is 0.127. The molecule has 0 aromatic rings. The zero-order chi connectivity index (χ0) is 11.3. The number of ether oxygens (including phenoxy) is 1. The smallest absolute Gasteiger partial charge is 0.315 e. The zero-order valence-electron chi connectivity index (χ0n) is 9.93. The highest BCUT2D eigenvalue weighted by molar-refractivity contribution is 5.74. The number of nitrogens with one attached hydrogen (secondary N) is 2. The summed E-state index contributed by atoms with van der Waals surface area (Å²) in [6.07, 6.45) is 2.61. The summed E-state index contributed by atoms with van der Waals surface area (Å²) in [7, 11) is 0. The summed E-state index contributed by atoms with van der Waals surface area (Å²) in [5.74, 6) is 0.786. The standard InChI is InChI=1S/C11H22N2O2/c1-11(2,3)13-10(14)12-6-7-15-8-9-4-5-9/h9H,4-8H2,1-3H3,(H2,12,13,14). The largest absolute Gasteiger partial charge is 0.379 e. The minimum Gasteiger partial charge on any atom is -0.379 e. The predicted molar refractivity (Wildman–Crippen MR) is 59.8 cm³/mol. The predicted octanol–water partition coefficient (Wildman–Crippen LogP) is 1.51. The molecule has 2 N–H and O–H groups in total. The van der Waals surface area contributed by atoms with E-state index in [0.29, 0.717) is 13.2 Å². The van der Waals surface area contributed by atoms with Crippen LogP contribution in [0.3, 0.4) is 0 Å². The first-order valence-electron chi connectivity index (χ1n) is 5.61. The van der Waals surface area contributed by atoms with Crippen LogP contribution < -0.4 is 10.6 Å². The molecule has 0 aromatic heterocycles. The molecule has 0 aromatic carbocycles. The van der Waals surface area contributed by atoms with Crippen LogP contribution in [0.5, 0.6) is 0 Å². The van der Waals surface area contributed by atoms with Crippen LogP contribution in [0.25, 0.3) is 0 Å². The first kappa shape index (κ1) is 12.3. The number of hydrogen-bond acceptors (Lipinski definition) is 2. The Labute approximate surface area is 91.8 Å². The number of rotatable bonds is 5. The van der Waals surface area contributed by atoms with Crippen LogP contribution in [0, 0.1) is 5.92 Å². The molecule has 0 aliphatic heterocycles. The van der Waals surface area contributed by atoms with Gasteiger partial charge in [0.1, 0.15) is 0 Å². The molecule has 4 nitrogen and oxygen atoms in total. The van der Waals surface area contributed by atoms with Crippen molar-refractivity contribution in [3.05, 3.63) is 0 Å². The Morgan fingerprint density at radius 2 is 2.07 bits per heavy atom. The van der Waals surface area contributed by atoms with Gasteiger partial charge in [0, 0.05) is 18.7 Å². The summed E-state index contributed by atoms with van der Waals surface area (Å²) in [5, 5.41) is 5.58. The SMILES string of the molecule is CC(C)(C)NC(=O)NCCOCC1CC1. The van der Waals surface area contributed by atoms with Crippen molar-refractivity contribution in [2.24, 2.45) is 5.92 Å². The highest BCUT2D eigenvalue weighted by atomic mass is 16.5. The normalized spacial score (nSPS) is 16.2. The van der Waals surface area contributed by atoms with Gasteiger partial charge in [-0.15, -0.1) is 0 Å². The van der Waals surface area contributed by atoms with Gasteiger partial charge in [0.15, 0.2) is 0 Å². The molecule has 88 valence electrons. The second-order valence-corrected chi connectivity index (χ2v) is 5.15. The molecule has 4 heteroatoms. The molecule has 0 heterocycles. The molecule has 1 aliphatic rings. The van der Waals surface area contributed by atoms with Gasteiger partial charge >= 0.3 is 6.03 Å². The quantitative estimate of drug-likeness (QED) is 0.682. The van der Waals surface area contributed by atoms with Crippen LogP contribution in [-0.2, 0) is 4.74 Å². The van der Waals surface area contributed by atoms with Crippen molar-refractivity contribution in [2.75, 3.05) is 19.8 Å². The molecule has 0 atom stereocenters. The molecule has 0 radical (unpaired) electrons. The molecule has 1 saturated carbocycles. The summed E-state index contributed by atoms with van der Waals surface area (Å²) in [6.45, 7) is 7.90. The number of amides is 2. The van der Waals surface area contributed by atoms with Crippen LogP contribution in [0.1, 0.15) is 33.6 Å². The van der Waals surface area contributed by atoms with Crippen molar-refractivity contribution in [1.29, 1.82) is 0 Å². The minimum atomic E-state index is -0.182. The third kappa shape index (κ3) is 7.19. The van der Waals surface area contributed by atoms with E-state index in [2.05, 4.69) is 10.6 Å². The van der Waals surface area contributed by atoms with Crippen molar-refractivity contribution in [1.82, 2.24) is 10.6 Å². The van der Waals surface area contributed by atoms with Gasteiger partial charge < -0.3 is 15.4 Å². The maximum absolute atomic E-state index is 11.3. The molecule has 1 rings (SSSR count). The monoisotopic (exact) mass is 214 g/mol. The summed E-state index contributed by atoms with van der Waals surface area (Å²) < 4.78 is 5.40. The van der Waals surface area contributed by atoms with Gasteiger partial charge in [0.2, 0.25) is 0 Å². The van der Waals surface area contributed by atoms with Gasteiger partial charge in [-0.2, -0.15) is 0 Å². The van der Waals surface area contributed by atoms with Crippen LogP contribution in [0.15, 0.2) is 0 Å². The molecular weight excluding hydrogens is 192 g/mol. The topological polar surface area (TPSA) is 50.4 Å². The molecule has 0 bridgehead atoms. The van der Waals surface area contributed by atoms with Gasteiger partial charge in [0.05, 0.1) is 6.61 Å². The van der Waals surface area contributed by atoms with Crippen molar-refractivity contribution >= 4 is 6.03 Å².